The van der Waals surface area contributed by atoms with Crippen LogP contribution < -0.4 is 11.5 Å². The molecule has 0 heterocycles. The minimum Gasteiger partial charge on any atom is -0.368 e. The Morgan fingerprint density at radius 1 is 1.70 bits per heavy atom. The van der Waals surface area contributed by atoms with E-state index < -0.39 is 11.9 Å². The highest BCUT2D eigenvalue weighted by atomic mass is 16.1. The molecule has 0 aromatic rings. The summed E-state index contributed by atoms with van der Waals surface area (Å²) < 4.78 is 0. The van der Waals surface area contributed by atoms with E-state index in [-0.39, 0.29) is 0 Å². The van der Waals surface area contributed by atoms with Crippen molar-refractivity contribution in [1.29, 1.82) is 0 Å². The van der Waals surface area contributed by atoms with Crippen LogP contribution in [0.25, 0.3) is 0 Å². The average molecular weight is 145 g/mol. The van der Waals surface area contributed by atoms with E-state index in [0.717, 1.165) is 6.54 Å². The lowest BCUT2D eigenvalue weighted by Crippen LogP contribution is -2.44. The predicted octanol–water partition coefficient (Wildman–Crippen LogP) is -1.25. The van der Waals surface area contributed by atoms with Gasteiger partial charge in [0.1, 0.15) is 0 Å². The second-order valence-corrected chi connectivity index (χ2v) is 2.36. The molecule has 0 fully saturated rings. The second-order valence-electron chi connectivity index (χ2n) is 2.36. The maximum absolute atomic E-state index is 10.4. The van der Waals surface area contributed by atoms with Crippen LogP contribution in [0.4, 0.5) is 0 Å². The fourth-order valence-electron chi connectivity index (χ4n) is 0.555. The molecule has 4 nitrogen and oxygen atoms in total. The lowest BCUT2D eigenvalue weighted by atomic mass is 10.3. The maximum atomic E-state index is 10.4. The summed E-state index contributed by atoms with van der Waals surface area (Å²) in [5.74, 6) is -0.444. The highest BCUT2D eigenvalue weighted by Gasteiger charge is 2.09. The molecule has 10 heavy (non-hydrogen) atoms. The van der Waals surface area contributed by atoms with Crippen LogP contribution in [0.5, 0.6) is 0 Å². The third-order valence-electron chi connectivity index (χ3n) is 1.41. The molecule has 0 radical (unpaired) electrons. The summed E-state index contributed by atoms with van der Waals surface area (Å²) in [6.07, 6.45) is 0. The van der Waals surface area contributed by atoms with Crippen molar-refractivity contribution in [2.45, 2.75) is 13.0 Å². The van der Waals surface area contributed by atoms with Gasteiger partial charge in [0, 0.05) is 6.54 Å². The molecule has 4 N–H and O–H groups in total. The zero-order valence-corrected chi connectivity index (χ0v) is 6.50. The minimum absolute atomic E-state index is 0.444. The van der Waals surface area contributed by atoms with Crippen molar-refractivity contribution in [2.24, 2.45) is 11.5 Å². The van der Waals surface area contributed by atoms with Crippen molar-refractivity contribution >= 4 is 5.91 Å². The molecule has 1 amide bonds. The Morgan fingerprint density at radius 2 is 2.20 bits per heavy atom. The van der Waals surface area contributed by atoms with Crippen LogP contribution in [0.15, 0.2) is 0 Å². The van der Waals surface area contributed by atoms with Crippen molar-refractivity contribution in [1.82, 2.24) is 4.90 Å². The molecular weight excluding hydrogens is 130 g/mol. The number of nitrogens with zero attached hydrogens (tertiary/aromatic N) is 1. The van der Waals surface area contributed by atoms with Gasteiger partial charge in [-0.25, -0.2) is 0 Å². The van der Waals surface area contributed by atoms with E-state index in [1.165, 1.54) is 0 Å². The van der Waals surface area contributed by atoms with Crippen LogP contribution in [0, 0.1) is 0 Å². The van der Waals surface area contributed by atoms with Crippen molar-refractivity contribution in [3.63, 3.8) is 0 Å². The van der Waals surface area contributed by atoms with E-state index in [0.29, 0.717) is 6.54 Å². The predicted molar refractivity (Wildman–Crippen MR) is 40.3 cm³/mol. The van der Waals surface area contributed by atoms with E-state index >= 15 is 0 Å². The summed E-state index contributed by atoms with van der Waals surface area (Å²) in [5.41, 5.74) is 10.3. The fraction of sp³-hybridized carbons (Fsp3) is 0.833. The van der Waals surface area contributed by atoms with Gasteiger partial charge in [0.05, 0.1) is 6.04 Å². The Labute approximate surface area is 61.2 Å². The number of hydrogen-bond acceptors (Lipinski definition) is 3. The summed E-state index contributed by atoms with van der Waals surface area (Å²) in [4.78, 5) is 12.4. The molecule has 0 aromatic heterocycles. The molecule has 0 rings (SSSR count). The smallest absolute Gasteiger partial charge is 0.235 e. The van der Waals surface area contributed by atoms with Crippen LogP contribution in [0.2, 0.25) is 0 Å². The van der Waals surface area contributed by atoms with Gasteiger partial charge in [0.2, 0.25) is 5.91 Å². The summed E-state index contributed by atoms with van der Waals surface area (Å²) in [7, 11) is 1.89. The number of nitrogens with two attached hydrogens (primary N) is 2. The van der Waals surface area contributed by atoms with Gasteiger partial charge in [-0.05, 0) is 13.6 Å². The topological polar surface area (TPSA) is 72.3 Å². The minimum atomic E-state index is -0.537. The average Bonchev–Trinajstić information content (AvgIpc) is 1.87. The SMILES string of the molecule is CCN(C)CC(N)C(N)=O. The summed E-state index contributed by atoms with van der Waals surface area (Å²) in [6, 6.07) is -0.537. The lowest BCUT2D eigenvalue weighted by Gasteiger charge is -2.16. The third kappa shape index (κ3) is 3.42. The first-order valence-corrected chi connectivity index (χ1v) is 3.31. The molecular formula is C6H15N3O. The molecule has 0 aliphatic carbocycles. The van der Waals surface area contributed by atoms with Gasteiger partial charge >= 0.3 is 0 Å². The van der Waals surface area contributed by atoms with Gasteiger partial charge < -0.3 is 16.4 Å². The Morgan fingerprint density at radius 3 is 2.50 bits per heavy atom. The van der Waals surface area contributed by atoms with Gasteiger partial charge in [-0.2, -0.15) is 0 Å². The molecule has 0 aliphatic rings. The van der Waals surface area contributed by atoms with Crippen LogP contribution >= 0.6 is 0 Å². The van der Waals surface area contributed by atoms with Crippen LogP contribution in [0.1, 0.15) is 6.92 Å². The van der Waals surface area contributed by atoms with E-state index in [9.17, 15) is 4.79 Å². The maximum Gasteiger partial charge on any atom is 0.235 e. The van der Waals surface area contributed by atoms with E-state index in [4.69, 9.17) is 11.5 Å². The van der Waals surface area contributed by atoms with Gasteiger partial charge in [0.25, 0.3) is 0 Å². The van der Waals surface area contributed by atoms with Crippen LogP contribution in [-0.4, -0.2) is 37.0 Å². The number of hydrogen-bond donors (Lipinski definition) is 2. The number of rotatable bonds is 4. The monoisotopic (exact) mass is 145 g/mol. The number of likely N-dealkylation sites (N-methyl/N-ethyl adjacent to an activating group) is 1. The molecule has 4 heteroatoms. The molecule has 1 unspecified atom stereocenters. The second kappa shape index (κ2) is 4.24. The Kier molecular flexibility index (Phi) is 3.99. The largest absolute Gasteiger partial charge is 0.368 e. The number of carbonyl (C=O) groups excluding carboxylic acids is 1. The first-order chi connectivity index (χ1) is 4.57. The first-order valence-electron chi connectivity index (χ1n) is 3.31. The highest BCUT2D eigenvalue weighted by Crippen LogP contribution is 1.83. The number of primary amides is 1. The summed E-state index contributed by atoms with van der Waals surface area (Å²) in [6.45, 7) is 3.40. The standard InChI is InChI=1S/C6H15N3O/c1-3-9(2)4-5(7)6(8)10/h5H,3-4,7H2,1-2H3,(H2,8,10). The van der Waals surface area contributed by atoms with Gasteiger partial charge in [-0.1, -0.05) is 6.92 Å². The number of carbonyl (C=O) groups is 1. The molecule has 0 bridgehead atoms. The van der Waals surface area contributed by atoms with E-state index in [2.05, 4.69) is 0 Å². The van der Waals surface area contributed by atoms with Crippen molar-refractivity contribution in [3.05, 3.63) is 0 Å². The van der Waals surface area contributed by atoms with E-state index in [1.807, 2.05) is 18.9 Å². The summed E-state index contributed by atoms with van der Waals surface area (Å²) >= 11 is 0. The molecule has 1 atom stereocenters. The zero-order chi connectivity index (χ0) is 8.15. The zero-order valence-electron chi connectivity index (χ0n) is 6.50. The molecule has 0 saturated heterocycles. The van der Waals surface area contributed by atoms with Gasteiger partial charge in [-0.15, -0.1) is 0 Å². The quantitative estimate of drug-likeness (QED) is 0.519. The Hall–Kier alpha value is -0.610. The molecule has 0 spiro atoms. The molecule has 0 aromatic carbocycles. The molecule has 60 valence electrons. The van der Waals surface area contributed by atoms with Gasteiger partial charge in [0.15, 0.2) is 0 Å². The molecule has 0 saturated carbocycles. The Bertz CT molecular complexity index is 116. The fourth-order valence-corrected chi connectivity index (χ4v) is 0.555. The molecule has 0 aliphatic heterocycles. The van der Waals surface area contributed by atoms with Crippen LogP contribution in [0.3, 0.4) is 0 Å². The number of amides is 1. The van der Waals surface area contributed by atoms with Crippen molar-refractivity contribution < 1.29 is 4.79 Å². The first kappa shape index (κ1) is 9.39. The third-order valence-corrected chi connectivity index (χ3v) is 1.41. The van der Waals surface area contributed by atoms with Crippen LogP contribution in [-0.2, 0) is 4.79 Å². The Balaban J connectivity index is 3.56. The van der Waals surface area contributed by atoms with E-state index in [1.54, 1.807) is 0 Å². The summed E-state index contributed by atoms with van der Waals surface area (Å²) in [5, 5.41) is 0. The van der Waals surface area contributed by atoms with Crippen molar-refractivity contribution in [3.8, 4) is 0 Å². The lowest BCUT2D eigenvalue weighted by molar-refractivity contribution is -0.119. The van der Waals surface area contributed by atoms with Gasteiger partial charge in [-0.3, -0.25) is 4.79 Å². The normalized spacial score (nSPS) is 13.6. The highest BCUT2D eigenvalue weighted by molar-refractivity contribution is 5.79. The van der Waals surface area contributed by atoms with Crippen molar-refractivity contribution in [2.75, 3.05) is 20.1 Å².